The van der Waals surface area contributed by atoms with Gasteiger partial charge in [0.2, 0.25) is 5.91 Å². The second-order valence-corrected chi connectivity index (χ2v) is 6.25. The Bertz CT molecular complexity index is 741. The smallest absolute Gasteiger partial charge is 0.328 e. The number of nitrogens with zero attached hydrogens (tertiary/aromatic N) is 2. The molecule has 1 atom stereocenters. The Morgan fingerprint density at radius 1 is 1.35 bits per heavy atom. The van der Waals surface area contributed by atoms with Gasteiger partial charge in [-0.3, -0.25) is 13.9 Å². The van der Waals surface area contributed by atoms with Crippen LogP contribution in [0.4, 0.5) is 0 Å². The summed E-state index contributed by atoms with van der Waals surface area (Å²) in [5.74, 6) is 0.531. The number of benzene rings is 1. The summed E-state index contributed by atoms with van der Waals surface area (Å²) in [5, 5.41) is 6.34. The number of carbonyl (C=O) groups is 1. The molecule has 1 aliphatic heterocycles. The fourth-order valence-corrected chi connectivity index (χ4v) is 3.24. The third-order valence-electron chi connectivity index (χ3n) is 4.60. The summed E-state index contributed by atoms with van der Waals surface area (Å²) in [6.07, 6.45) is 2.66. The minimum Gasteiger partial charge on any atom is -0.356 e. The molecule has 0 aliphatic carbocycles. The van der Waals surface area contributed by atoms with Crippen LogP contribution in [0.2, 0.25) is 0 Å². The van der Waals surface area contributed by atoms with Crippen LogP contribution in [-0.2, 0) is 18.4 Å². The number of hydrogen-bond donors (Lipinski definition) is 2. The molecule has 6 nitrogen and oxygen atoms in total. The maximum absolute atomic E-state index is 12.3. The molecular weight excluding hydrogens is 292 g/mol. The highest BCUT2D eigenvalue weighted by molar-refractivity contribution is 5.77. The maximum Gasteiger partial charge on any atom is 0.328 e. The predicted molar refractivity (Wildman–Crippen MR) is 90.4 cm³/mol. The van der Waals surface area contributed by atoms with Gasteiger partial charge in [-0.15, -0.1) is 0 Å². The molecule has 0 spiro atoms. The number of nitrogens with one attached hydrogen (secondary N) is 2. The SMILES string of the molecule is Cn1c(=O)n(CCC(=O)NCC2CCCNC2)c2ccccc21. The van der Waals surface area contributed by atoms with Gasteiger partial charge in [0.1, 0.15) is 0 Å². The zero-order chi connectivity index (χ0) is 16.2. The van der Waals surface area contributed by atoms with E-state index in [1.165, 1.54) is 6.42 Å². The molecule has 2 N–H and O–H groups in total. The molecule has 1 aromatic heterocycles. The minimum absolute atomic E-state index is 0.00964. The molecule has 3 rings (SSSR count). The lowest BCUT2D eigenvalue weighted by Crippen LogP contribution is -2.38. The monoisotopic (exact) mass is 316 g/mol. The van der Waals surface area contributed by atoms with Gasteiger partial charge in [0.15, 0.2) is 0 Å². The number of amides is 1. The Balaban J connectivity index is 1.59. The topological polar surface area (TPSA) is 68.1 Å². The van der Waals surface area contributed by atoms with Gasteiger partial charge in [-0.05, 0) is 44.0 Å². The molecular formula is C17H24N4O2. The second kappa shape index (κ2) is 7.00. The first-order valence-corrected chi connectivity index (χ1v) is 8.28. The van der Waals surface area contributed by atoms with Crippen molar-refractivity contribution in [1.29, 1.82) is 0 Å². The van der Waals surface area contributed by atoms with Crippen LogP contribution in [0.15, 0.2) is 29.1 Å². The molecule has 2 aromatic rings. The van der Waals surface area contributed by atoms with E-state index in [2.05, 4.69) is 10.6 Å². The second-order valence-electron chi connectivity index (χ2n) is 6.25. The molecule has 1 unspecified atom stereocenters. The number of para-hydroxylation sites is 2. The van der Waals surface area contributed by atoms with E-state index in [4.69, 9.17) is 0 Å². The molecule has 1 saturated heterocycles. The Morgan fingerprint density at radius 3 is 2.87 bits per heavy atom. The van der Waals surface area contributed by atoms with Crippen LogP contribution < -0.4 is 16.3 Å². The fraction of sp³-hybridized carbons (Fsp3) is 0.529. The van der Waals surface area contributed by atoms with Crippen molar-refractivity contribution in [1.82, 2.24) is 19.8 Å². The number of rotatable bonds is 5. The maximum atomic E-state index is 12.3. The fourth-order valence-electron chi connectivity index (χ4n) is 3.24. The Morgan fingerprint density at radius 2 is 2.13 bits per heavy atom. The first kappa shape index (κ1) is 15.8. The van der Waals surface area contributed by atoms with Gasteiger partial charge in [-0.25, -0.2) is 4.79 Å². The van der Waals surface area contributed by atoms with Gasteiger partial charge in [-0.2, -0.15) is 0 Å². The van der Waals surface area contributed by atoms with Crippen molar-refractivity contribution < 1.29 is 4.79 Å². The van der Waals surface area contributed by atoms with Crippen LogP contribution in [0.1, 0.15) is 19.3 Å². The summed E-state index contributed by atoms with van der Waals surface area (Å²) < 4.78 is 3.30. The van der Waals surface area contributed by atoms with Gasteiger partial charge < -0.3 is 10.6 Å². The summed E-state index contributed by atoms with van der Waals surface area (Å²) in [6.45, 7) is 3.18. The van der Waals surface area contributed by atoms with E-state index in [1.807, 2.05) is 24.3 Å². The van der Waals surface area contributed by atoms with Gasteiger partial charge in [0.25, 0.3) is 0 Å². The van der Waals surface area contributed by atoms with Crippen LogP contribution in [0, 0.1) is 5.92 Å². The Hall–Kier alpha value is -2.08. The minimum atomic E-state index is -0.0736. The third-order valence-corrected chi connectivity index (χ3v) is 4.60. The van der Waals surface area contributed by atoms with Crippen LogP contribution in [0.3, 0.4) is 0 Å². The van der Waals surface area contributed by atoms with Crippen molar-refractivity contribution >= 4 is 16.9 Å². The van der Waals surface area contributed by atoms with E-state index in [-0.39, 0.29) is 11.6 Å². The van der Waals surface area contributed by atoms with Crippen molar-refractivity contribution in [3.63, 3.8) is 0 Å². The molecule has 1 amide bonds. The number of fused-ring (bicyclic) bond motifs is 1. The summed E-state index contributed by atoms with van der Waals surface area (Å²) >= 11 is 0. The number of aromatic nitrogens is 2. The highest BCUT2D eigenvalue weighted by Crippen LogP contribution is 2.12. The molecule has 1 aliphatic rings. The molecule has 23 heavy (non-hydrogen) atoms. The van der Waals surface area contributed by atoms with Gasteiger partial charge >= 0.3 is 5.69 Å². The largest absolute Gasteiger partial charge is 0.356 e. The van der Waals surface area contributed by atoms with E-state index in [0.29, 0.717) is 18.9 Å². The molecule has 0 radical (unpaired) electrons. The Kier molecular flexibility index (Phi) is 4.81. The van der Waals surface area contributed by atoms with Crippen molar-refractivity contribution in [3.8, 4) is 0 Å². The first-order valence-electron chi connectivity index (χ1n) is 8.28. The number of piperidine rings is 1. The van der Waals surface area contributed by atoms with E-state index >= 15 is 0 Å². The van der Waals surface area contributed by atoms with Gasteiger partial charge in [0, 0.05) is 26.6 Å². The van der Waals surface area contributed by atoms with Crippen LogP contribution in [0.25, 0.3) is 11.0 Å². The van der Waals surface area contributed by atoms with E-state index in [1.54, 1.807) is 16.2 Å². The standard InChI is InChI=1S/C17H24N4O2/c1-20-14-6-2-3-7-15(14)21(17(20)23)10-8-16(22)19-12-13-5-4-9-18-11-13/h2-3,6-7,13,18H,4-5,8-12H2,1H3,(H,19,22). The van der Waals surface area contributed by atoms with Crippen LogP contribution >= 0.6 is 0 Å². The number of hydrogen-bond acceptors (Lipinski definition) is 3. The van der Waals surface area contributed by atoms with Crippen molar-refractivity contribution in [2.75, 3.05) is 19.6 Å². The number of imidazole rings is 1. The van der Waals surface area contributed by atoms with E-state index in [9.17, 15) is 9.59 Å². The molecule has 124 valence electrons. The average Bonchev–Trinajstić information content (AvgIpc) is 2.83. The summed E-state index contributed by atoms with van der Waals surface area (Å²) in [6, 6.07) is 7.66. The zero-order valence-electron chi connectivity index (χ0n) is 13.5. The lowest BCUT2D eigenvalue weighted by molar-refractivity contribution is -0.121. The normalized spacial score (nSPS) is 18.2. The van der Waals surface area contributed by atoms with E-state index in [0.717, 1.165) is 37.1 Å². The highest BCUT2D eigenvalue weighted by atomic mass is 16.2. The first-order chi connectivity index (χ1) is 11.2. The quantitative estimate of drug-likeness (QED) is 0.859. The lowest BCUT2D eigenvalue weighted by Gasteiger charge is -2.22. The molecule has 2 heterocycles. The molecule has 0 bridgehead atoms. The molecule has 0 saturated carbocycles. The third kappa shape index (κ3) is 3.47. The number of aryl methyl sites for hydroxylation is 2. The molecule has 6 heteroatoms. The van der Waals surface area contributed by atoms with Gasteiger partial charge in [-0.1, -0.05) is 12.1 Å². The molecule has 1 fully saturated rings. The van der Waals surface area contributed by atoms with Crippen LogP contribution in [-0.4, -0.2) is 34.7 Å². The predicted octanol–water partition coefficient (Wildman–Crippen LogP) is 0.846. The molecule has 1 aromatic carbocycles. The highest BCUT2D eigenvalue weighted by Gasteiger charge is 2.15. The summed E-state index contributed by atoms with van der Waals surface area (Å²) in [5.41, 5.74) is 1.70. The lowest BCUT2D eigenvalue weighted by atomic mass is 10.00. The summed E-state index contributed by atoms with van der Waals surface area (Å²) in [4.78, 5) is 24.4. The van der Waals surface area contributed by atoms with E-state index < -0.39 is 0 Å². The van der Waals surface area contributed by atoms with Crippen molar-refractivity contribution in [2.45, 2.75) is 25.8 Å². The van der Waals surface area contributed by atoms with Crippen molar-refractivity contribution in [3.05, 3.63) is 34.7 Å². The van der Waals surface area contributed by atoms with Crippen molar-refractivity contribution in [2.24, 2.45) is 13.0 Å². The van der Waals surface area contributed by atoms with Gasteiger partial charge in [0.05, 0.1) is 11.0 Å². The number of carbonyl (C=O) groups excluding carboxylic acids is 1. The summed E-state index contributed by atoms with van der Waals surface area (Å²) in [7, 11) is 1.76. The Labute approximate surface area is 135 Å². The average molecular weight is 316 g/mol. The van der Waals surface area contributed by atoms with Crippen LogP contribution in [0.5, 0.6) is 0 Å². The zero-order valence-corrected chi connectivity index (χ0v) is 13.5.